The van der Waals surface area contributed by atoms with E-state index in [0.29, 0.717) is 12.8 Å². The molecule has 7 heteroatoms. The summed E-state index contributed by atoms with van der Waals surface area (Å²) in [5.41, 5.74) is 3.28. The fraction of sp³-hybridized carbons (Fsp3) is 0.318. The van der Waals surface area contributed by atoms with Gasteiger partial charge in [0, 0.05) is 5.92 Å². The lowest BCUT2D eigenvalue weighted by molar-refractivity contribution is -0.151. The molecule has 2 aromatic carbocycles. The van der Waals surface area contributed by atoms with Gasteiger partial charge in [0.15, 0.2) is 0 Å². The minimum absolute atomic E-state index is 0.0627. The number of benzene rings is 2. The van der Waals surface area contributed by atoms with E-state index in [1.807, 2.05) is 36.4 Å². The van der Waals surface area contributed by atoms with Crippen LogP contribution in [0.4, 0.5) is 4.79 Å². The summed E-state index contributed by atoms with van der Waals surface area (Å²) >= 11 is 0. The van der Waals surface area contributed by atoms with E-state index in [1.54, 1.807) is 0 Å². The number of ether oxygens (including phenoxy) is 1. The van der Waals surface area contributed by atoms with Gasteiger partial charge in [0.25, 0.3) is 0 Å². The first-order valence-corrected chi connectivity index (χ1v) is 9.63. The van der Waals surface area contributed by atoms with E-state index < -0.39 is 23.5 Å². The molecule has 0 bridgehead atoms. The SMILES string of the molecule is O=C(CNC(=O)OCC1c2ccccc2-c2ccccc21)NC1(C(=O)O)CCC1. The third kappa shape index (κ3) is 3.55. The van der Waals surface area contributed by atoms with Gasteiger partial charge in [0.05, 0.1) is 0 Å². The standard InChI is InChI=1S/C22H22N2O5/c25-19(24-22(20(26)27)10-5-11-22)12-23-21(28)29-13-18-16-8-3-1-6-14(16)15-7-2-4-9-17(15)18/h1-4,6-9,18H,5,10-13H2,(H,23,28)(H,24,25)(H,26,27). The topological polar surface area (TPSA) is 105 Å². The molecule has 0 saturated heterocycles. The summed E-state index contributed by atoms with van der Waals surface area (Å²) in [6, 6.07) is 16.0. The Bertz CT molecular complexity index is 922. The Labute approximate surface area is 168 Å². The predicted molar refractivity (Wildman–Crippen MR) is 105 cm³/mol. The molecular formula is C22H22N2O5. The van der Waals surface area contributed by atoms with Gasteiger partial charge in [-0.05, 0) is 41.5 Å². The molecule has 0 heterocycles. The number of hydrogen-bond acceptors (Lipinski definition) is 4. The Morgan fingerprint density at radius 1 is 1.00 bits per heavy atom. The molecule has 0 radical (unpaired) electrons. The van der Waals surface area contributed by atoms with E-state index in [4.69, 9.17) is 4.74 Å². The van der Waals surface area contributed by atoms with Crippen molar-refractivity contribution in [3.8, 4) is 11.1 Å². The van der Waals surface area contributed by atoms with Crippen LogP contribution in [0.5, 0.6) is 0 Å². The van der Waals surface area contributed by atoms with Crippen LogP contribution in [0.3, 0.4) is 0 Å². The number of aliphatic carboxylic acids is 1. The zero-order valence-corrected chi connectivity index (χ0v) is 15.8. The fourth-order valence-electron chi connectivity index (χ4n) is 4.04. The highest BCUT2D eigenvalue weighted by Gasteiger charge is 2.45. The van der Waals surface area contributed by atoms with Crippen molar-refractivity contribution in [3.05, 3.63) is 59.7 Å². The van der Waals surface area contributed by atoms with E-state index in [-0.39, 0.29) is 19.1 Å². The molecule has 7 nitrogen and oxygen atoms in total. The van der Waals surface area contributed by atoms with Gasteiger partial charge in [-0.3, -0.25) is 4.79 Å². The summed E-state index contributed by atoms with van der Waals surface area (Å²) in [6.07, 6.45) is 0.852. The molecule has 2 aliphatic carbocycles. The molecule has 0 aliphatic heterocycles. The number of fused-ring (bicyclic) bond motifs is 3. The second kappa shape index (κ2) is 7.58. The fourth-order valence-corrected chi connectivity index (χ4v) is 4.04. The number of carboxylic acid groups (broad SMARTS) is 1. The lowest BCUT2D eigenvalue weighted by Gasteiger charge is -2.38. The summed E-state index contributed by atoms with van der Waals surface area (Å²) in [5, 5.41) is 14.1. The Hall–Kier alpha value is -3.35. The van der Waals surface area contributed by atoms with Crippen LogP contribution in [0.2, 0.25) is 0 Å². The highest BCUT2D eigenvalue weighted by atomic mass is 16.5. The van der Waals surface area contributed by atoms with E-state index in [9.17, 15) is 19.5 Å². The van der Waals surface area contributed by atoms with Crippen LogP contribution in [0.25, 0.3) is 11.1 Å². The van der Waals surface area contributed by atoms with Crippen LogP contribution in [0, 0.1) is 0 Å². The molecule has 0 atom stereocenters. The second-order valence-corrected chi connectivity index (χ2v) is 7.47. The Kier molecular flexibility index (Phi) is 4.96. The third-order valence-corrected chi connectivity index (χ3v) is 5.73. The number of rotatable bonds is 6. The van der Waals surface area contributed by atoms with Gasteiger partial charge in [0.2, 0.25) is 5.91 Å². The number of nitrogens with one attached hydrogen (secondary N) is 2. The largest absolute Gasteiger partial charge is 0.480 e. The van der Waals surface area contributed by atoms with Gasteiger partial charge in [-0.25, -0.2) is 9.59 Å². The number of carboxylic acids is 1. The van der Waals surface area contributed by atoms with Crippen molar-refractivity contribution in [2.75, 3.05) is 13.2 Å². The lowest BCUT2D eigenvalue weighted by atomic mass is 9.77. The van der Waals surface area contributed by atoms with Crippen molar-refractivity contribution in [1.82, 2.24) is 10.6 Å². The van der Waals surface area contributed by atoms with Crippen LogP contribution >= 0.6 is 0 Å². The smallest absolute Gasteiger partial charge is 0.407 e. The number of carbonyl (C=O) groups is 3. The highest BCUT2D eigenvalue weighted by Crippen LogP contribution is 2.44. The summed E-state index contributed by atoms with van der Waals surface area (Å²) in [4.78, 5) is 35.4. The molecule has 1 saturated carbocycles. The summed E-state index contributed by atoms with van der Waals surface area (Å²) in [7, 11) is 0. The predicted octanol–water partition coefficient (Wildman–Crippen LogP) is 2.65. The van der Waals surface area contributed by atoms with Gasteiger partial charge >= 0.3 is 12.1 Å². The molecule has 3 N–H and O–H groups in total. The quantitative estimate of drug-likeness (QED) is 0.699. The van der Waals surface area contributed by atoms with Gasteiger partial charge < -0.3 is 20.5 Å². The molecular weight excluding hydrogens is 372 g/mol. The monoisotopic (exact) mass is 394 g/mol. The van der Waals surface area contributed by atoms with Gasteiger partial charge in [-0.2, -0.15) is 0 Å². The molecule has 2 amide bonds. The molecule has 0 spiro atoms. The normalized spacial score (nSPS) is 16.1. The van der Waals surface area contributed by atoms with Crippen molar-refractivity contribution < 1.29 is 24.2 Å². The van der Waals surface area contributed by atoms with Gasteiger partial charge in [0.1, 0.15) is 18.7 Å². The average Bonchev–Trinajstić information content (AvgIpc) is 3.01. The molecule has 2 aromatic rings. The highest BCUT2D eigenvalue weighted by molar-refractivity contribution is 5.90. The minimum Gasteiger partial charge on any atom is -0.480 e. The van der Waals surface area contributed by atoms with Crippen LogP contribution in [-0.4, -0.2) is 41.8 Å². The second-order valence-electron chi connectivity index (χ2n) is 7.47. The van der Waals surface area contributed by atoms with Crippen molar-refractivity contribution in [1.29, 1.82) is 0 Å². The minimum atomic E-state index is -1.19. The molecule has 2 aliphatic rings. The molecule has 4 rings (SSSR count). The van der Waals surface area contributed by atoms with Crippen molar-refractivity contribution >= 4 is 18.0 Å². The number of hydrogen-bond donors (Lipinski definition) is 3. The van der Waals surface area contributed by atoms with E-state index in [2.05, 4.69) is 22.8 Å². The molecule has 29 heavy (non-hydrogen) atoms. The first kappa shape index (κ1) is 19.0. The average molecular weight is 394 g/mol. The summed E-state index contributed by atoms with van der Waals surface area (Å²) in [6.45, 7) is -0.174. The van der Waals surface area contributed by atoms with Crippen molar-refractivity contribution in [2.45, 2.75) is 30.7 Å². The molecule has 1 fully saturated rings. The molecule has 150 valence electrons. The van der Waals surface area contributed by atoms with E-state index in [0.717, 1.165) is 28.7 Å². The Morgan fingerprint density at radius 3 is 2.10 bits per heavy atom. The molecule has 0 aromatic heterocycles. The zero-order chi connectivity index (χ0) is 20.4. The third-order valence-electron chi connectivity index (χ3n) is 5.73. The maximum Gasteiger partial charge on any atom is 0.407 e. The maximum atomic E-state index is 12.1. The first-order chi connectivity index (χ1) is 14.0. The number of amides is 2. The van der Waals surface area contributed by atoms with Crippen LogP contribution in [0.15, 0.2) is 48.5 Å². The van der Waals surface area contributed by atoms with Crippen molar-refractivity contribution in [3.63, 3.8) is 0 Å². The zero-order valence-electron chi connectivity index (χ0n) is 15.8. The number of carbonyl (C=O) groups excluding carboxylic acids is 2. The van der Waals surface area contributed by atoms with Gasteiger partial charge in [-0.1, -0.05) is 48.5 Å². The Balaban J connectivity index is 1.32. The van der Waals surface area contributed by atoms with Crippen LogP contribution < -0.4 is 10.6 Å². The van der Waals surface area contributed by atoms with Crippen LogP contribution in [0.1, 0.15) is 36.3 Å². The Morgan fingerprint density at radius 2 is 1.59 bits per heavy atom. The summed E-state index contributed by atoms with van der Waals surface area (Å²) in [5.74, 6) is -1.65. The van der Waals surface area contributed by atoms with Gasteiger partial charge in [-0.15, -0.1) is 0 Å². The first-order valence-electron chi connectivity index (χ1n) is 9.63. The van der Waals surface area contributed by atoms with E-state index in [1.165, 1.54) is 0 Å². The van der Waals surface area contributed by atoms with E-state index >= 15 is 0 Å². The maximum absolute atomic E-state index is 12.1. The number of alkyl carbamates (subject to hydrolysis) is 1. The molecule has 0 unspecified atom stereocenters. The summed E-state index contributed by atoms with van der Waals surface area (Å²) < 4.78 is 5.36. The lowest BCUT2D eigenvalue weighted by Crippen LogP contribution is -2.60. The van der Waals surface area contributed by atoms with Crippen LogP contribution in [-0.2, 0) is 14.3 Å². The van der Waals surface area contributed by atoms with Crippen molar-refractivity contribution in [2.24, 2.45) is 0 Å².